The molecule has 1 saturated carbocycles. The highest BCUT2D eigenvalue weighted by Gasteiger charge is 2.37. The van der Waals surface area contributed by atoms with Gasteiger partial charge in [0.15, 0.2) is 11.3 Å². The molecule has 7 nitrogen and oxygen atoms in total. The van der Waals surface area contributed by atoms with Crippen molar-refractivity contribution >= 4 is 17.2 Å². The van der Waals surface area contributed by atoms with Crippen LogP contribution in [0.4, 0.5) is 18.9 Å². The summed E-state index contributed by atoms with van der Waals surface area (Å²) in [6.07, 6.45) is 0.158. The summed E-state index contributed by atoms with van der Waals surface area (Å²) in [7, 11) is 0. The van der Waals surface area contributed by atoms with E-state index < -0.39 is 17.8 Å². The lowest BCUT2D eigenvalue weighted by molar-refractivity contribution is -0.142. The van der Waals surface area contributed by atoms with E-state index in [2.05, 4.69) is 20.5 Å². The first-order valence-electron chi connectivity index (χ1n) is 10.1. The van der Waals surface area contributed by atoms with E-state index in [-0.39, 0.29) is 17.3 Å². The molecule has 0 aliphatic heterocycles. The van der Waals surface area contributed by atoms with Crippen LogP contribution >= 0.6 is 0 Å². The van der Waals surface area contributed by atoms with Gasteiger partial charge < -0.3 is 5.32 Å². The zero-order chi connectivity index (χ0) is 22.5. The first-order valence-corrected chi connectivity index (χ1v) is 10.1. The van der Waals surface area contributed by atoms with Crippen molar-refractivity contribution in [3.63, 3.8) is 0 Å². The first kappa shape index (κ1) is 20.2. The summed E-state index contributed by atoms with van der Waals surface area (Å²) < 4.78 is 43.0. The van der Waals surface area contributed by atoms with Crippen LogP contribution < -0.4 is 5.32 Å². The van der Waals surface area contributed by atoms with E-state index >= 15 is 0 Å². The van der Waals surface area contributed by atoms with Gasteiger partial charge in [-0.25, -0.2) is 9.50 Å². The van der Waals surface area contributed by atoms with Crippen LogP contribution in [0, 0.1) is 6.92 Å². The number of halogens is 3. The van der Waals surface area contributed by atoms with E-state index in [4.69, 9.17) is 0 Å². The van der Waals surface area contributed by atoms with Crippen molar-refractivity contribution in [2.45, 2.75) is 38.4 Å². The summed E-state index contributed by atoms with van der Waals surface area (Å²) in [6, 6.07) is 10.2. The zero-order valence-corrected chi connectivity index (χ0v) is 17.1. The van der Waals surface area contributed by atoms with Gasteiger partial charge in [-0.1, -0.05) is 24.3 Å². The summed E-state index contributed by atoms with van der Waals surface area (Å²) >= 11 is 0. The van der Waals surface area contributed by atoms with Crippen LogP contribution in [0.5, 0.6) is 0 Å². The van der Waals surface area contributed by atoms with Crippen molar-refractivity contribution in [2.24, 2.45) is 0 Å². The lowest BCUT2D eigenvalue weighted by atomic mass is 10.1. The lowest BCUT2D eigenvalue weighted by Crippen LogP contribution is -2.16. The number of hydrogen-bond acceptors (Lipinski definition) is 4. The largest absolute Gasteiger partial charge is 0.433 e. The number of rotatable bonds is 5. The average molecular weight is 440 g/mol. The Hall–Kier alpha value is -3.69. The van der Waals surface area contributed by atoms with Crippen LogP contribution in [-0.2, 0) is 12.7 Å². The van der Waals surface area contributed by atoms with Crippen LogP contribution in [0.15, 0.2) is 48.8 Å². The summed E-state index contributed by atoms with van der Waals surface area (Å²) in [4.78, 5) is 16.9. The quantitative estimate of drug-likeness (QED) is 0.498. The Morgan fingerprint density at radius 2 is 2.00 bits per heavy atom. The molecule has 0 radical (unpaired) electrons. The van der Waals surface area contributed by atoms with E-state index in [1.54, 1.807) is 10.9 Å². The summed E-state index contributed by atoms with van der Waals surface area (Å²) in [5.41, 5.74) is 1.93. The number of hydrogen-bond donors (Lipinski definition) is 1. The number of anilines is 1. The maximum Gasteiger partial charge on any atom is 0.433 e. The fourth-order valence-corrected chi connectivity index (χ4v) is 3.57. The zero-order valence-electron chi connectivity index (χ0n) is 17.1. The van der Waals surface area contributed by atoms with Gasteiger partial charge in [0.25, 0.3) is 5.91 Å². The predicted molar refractivity (Wildman–Crippen MR) is 110 cm³/mol. The van der Waals surface area contributed by atoms with Crippen molar-refractivity contribution in [3.8, 4) is 0 Å². The fourth-order valence-electron chi connectivity index (χ4n) is 3.57. The molecule has 0 saturated heterocycles. The van der Waals surface area contributed by atoms with Gasteiger partial charge in [0.1, 0.15) is 5.69 Å². The lowest BCUT2D eigenvalue weighted by Gasteiger charge is -2.10. The second-order valence-electron chi connectivity index (χ2n) is 7.95. The standard InChI is InChI=1S/C22H19F3N6O/c1-13-4-2-3-5-15(13)11-30-12-16(10-26-30)27-21(32)18-9-20-28-17(14-6-7-14)8-19(22(23,24)25)31(20)29-18/h2-5,8-10,12,14H,6-7,11H2,1H3,(H,27,32). The number of alkyl halides is 3. The molecule has 1 N–H and O–H groups in total. The molecule has 3 aromatic heterocycles. The molecule has 0 atom stereocenters. The first-order chi connectivity index (χ1) is 15.3. The minimum atomic E-state index is -4.61. The molecular formula is C22H19F3N6O. The SMILES string of the molecule is Cc1ccccc1Cn1cc(NC(=O)c2cc3nc(C4CC4)cc(C(F)(F)F)n3n2)cn1. The maximum absolute atomic E-state index is 13.5. The highest BCUT2D eigenvalue weighted by Crippen LogP contribution is 2.41. The Balaban J connectivity index is 1.38. The highest BCUT2D eigenvalue weighted by atomic mass is 19.4. The van der Waals surface area contributed by atoms with E-state index in [9.17, 15) is 18.0 Å². The Kier molecular flexibility index (Phi) is 4.72. The molecular weight excluding hydrogens is 421 g/mol. The van der Waals surface area contributed by atoms with Crippen molar-refractivity contribution in [1.82, 2.24) is 24.4 Å². The Morgan fingerprint density at radius 3 is 2.72 bits per heavy atom. The molecule has 5 rings (SSSR count). The van der Waals surface area contributed by atoms with Crippen LogP contribution in [0.1, 0.15) is 51.8 Å². The summed E-state index contributed by atoms with van der Waals surface area (Å²) in [5, 5.41) is 10.8. The van der Waals surface area contributed by atoms with Crippen LogP contribution in [0.25, 0.3) is 5.65 Å². The van der Waals surface area contributed by atoms with Gasteiger partial charge in [-0.2, -0.15) is 23.4 Å². The highest BCUT2D eigenvalue weighted by molar-refractivity contribution is 6.03. The number of fused-ring (bicyclic) bond motifs is 1. The van der Waals surface area contributed by atoms with Gasteiger partial charge in [0.2, 0.25) is 0 Å². The third-order valence-electron chi connectivity index (χ3n) is 5.45. The molecule has 1 aromatic carbocycles. The Labute approximate surface area is 180 Å². The Morgan fingerprint density at radius 1 is 1.22 bits per heavy atom. The van der Waals surface area contributed by atoms with Crippen molar-refractivity contribution < 1.29 is 18.0 Å². The molecule has 3 heterocycles. The van der Waals surface area contributed by atoms with Crippen molar-refractivity contribution in [2.75, 3.05) is 5.32 Å². The number of amides is 1. The van der Waals surface area contributed by atoms with Gasteiger partial charge in [-0.15, -0.1) is 0 Å². The van der Waals surface area contributed by atoms with E-state index in [1.807, 2.05) is 31.2 Å². The molecule has 164 valence electrons. The maximum atomic E-state index is 13.5. The molecule has 1 aliphatic carbocycles. The molecule has 0 bridgehead atoms. The number of carbonyl (C=O) groups is 1. The van der Waals surface area contributed by atoms with Crippen LogP contribution in [-0.4, -0.2) is 30.3 Å². The molecule has 0 unspecified atom stereocenters. The third-order valence-corrected chi connectivity index (χ3v) is 5.45. The normalized spacial score (nSPS) is 14.1. The summed E-state index contributed by atoms with van der Waals surface area (Å²) in [5.74, 6) is -0.598. The third kappa shape index (κ3) is 3.95. The monoisotopic (exact) mass is 440 g/mol. The predicted octanol–water partition coefficient (Wildman–Crippen LogP) is 4.43. The molecule has 1 aliphatic rings. The topological polar surface area (TPSA) is 77.1 Å². The second kappa shape index (κ2) is 7.47. The van der Waals surface area contributed by atoms with E-state index in [0.717, 1.165) is 30.0 Å². The van der Waals surface area contributed by atoms with Crippen molar-refractivity contribution in [3.05, 3.63) is 77.0 Å². The number of nitrogens with one attached hydrogen (secondary N) is 1. The number of nitrogens with zero attached hydrogens (tertiary/aromatic N) is 5. The van der Waals surface area contributed by atoms with E-state index in [1.165, 1.54) is 12.3 Å². The molecule has 32 heavy (non-hydrogen) atoms. The van der Waals surface area contributed by atoms with Crippen LogP contribution in [0.3, 0.4) is 0 Å². The molecule has 1 amide bonds. The van der Waals surface area contributed by atoms with Gasteiger partial charge >= 0.3 is 6.18 Å². The van der Waals surface area contributed by atoms with E-state index in [0.29, 0.717) is 22.4 Å². The number of benzene rings is 1. The molecule has 4 aromatic rings. The number of carbonyl (C=O) groups excluding carboxylic acids is 1. The summed E-state index contributed by atoms with van der Waals surface area (Å²) in [6.45, 7) is 2.53. The molecule has 10 heteroatoms. The Bertz CT molecular complexity index is 1320. The van der Waals surface area contributed by atoms with Gasteiger partial charge in [-0.05, 0) is 37.0 Å². The number of aryl methyl sites for hydroxylation is 1. The smallest absolute Gasteiger partial charge is 0.318 e. The van der Waals surface area contributed by atoms with Crippen molar-refractivity contribution in [1.29, 1.82) is 0 Å². The van der Waals surface area contributed by atoms with Gasteiger partial charge in [0.05, 0.1) is 18.4 Å². The minimum absolute atomic E-state index is 0.00197. The van der Waals surface area contributed by atoms with Crippen LogP contribution in [0.2, 0.25) is 0 Å². The van der Waals surface area contributed by atoms with Gasteiger partial charge in [0, 0.05) is 23.9 Å². The average Bonchev–Trinajstić information content (AvgIpc) is 3.35. The molecule has 0 spiro atoms. The second-order valence-corrected chi connectivity index (χ2v) is 7.95. The molecule has 1 fully saturated rings. The fraction of sp³-hybridized carbons (Fsp3) is 0.273. The van der Waals surface area contributed by atoms with Gasteiger partial charge in [-0.3, -0.25) is 9.48 Å². The number of aromatic nitrogens is 5. The minimum Gasteiger partial charge on any atom is -0.318 e.